The highest BCUT2D eigenvalue weighted by molar-refractivity contribution is 6.30. The van der Waals surface area contributed by atoms with Gasteiger partial charge < -0.3 is 19.3 Å². The first-order valence-electron chi connectivity index (χ1n) is 7.41. The van der Waals surface area contributed by atoms with Crippen molar-refractivity contribution in [3.05, 3.63) is 41.1 Å². The van der Waals surface area contributed by atoms with Crippen molar-refractivity contribution in [3.8, 4) is 11.3 Å². The molecule has 0 bridgehead atoms. The molecule has 1 amide bonds. The van der Waals surface area contributed by atoms with Gasteiger partial charge in [-0.1, -0.05) is 28.9 Å². The molecule has 0 aliphatic carbocycles. The Morgan fingerprint density at radius 3 is 3.09 bits per heavy atom. The van der Waals surface area contributed by atoms with Crippen molar-refractivity contribution in [1.29, 1.82) is 0 Å². The largest absolute Gasteiger partial charge is 0.396 e. The Kier molecular flexibility index (Phi) is 4.95. The summed E-state index contributed by atoms with van der Waals surface area (Å²) in [5, 5.41) is 13.7. The number of carbonyl (C=O) groups excluding carboxylic acids is 1. The van der Waals surface area contributed by atoms with Crippen LogP contribution in [0.2, 0.25) is 5.02 Å². The highest BCUT2D eigenvalue weighted by atomic mass is 35.5. The second kappa shape index (κ2) is 7.12. The second-order valence-corrected chi connectivity index (χ2v) is 5.76. The number of carbonyl (C=O) groups is 1. The third-order valence-corrected chi connectivity index (χ3v) is 4.03. The summed E-state index contributed by atoms with van der Waals surface area (Å²) in [7, 11) is 0. The maximum absolute atomic E-state index is 12.6. The van der Waals surface area contributed by atoms with Gasteiger partial charge >= 0.3 is 0 Å². The van der Waals surface area contributed by atoms with Gasteiger partial charge in [-0.05, 0) is 18.6 Å². The lowest BCUT2D eigenvalue weighted by Crippen LogP contribution is -2.49. The van der Waals surface area contributed by atoms with E-state index in [2.05, 4.69) is 5.16 Å². The first kappa shape index (κ1) is 16.0. The quantitative estimate of drug-likeness (QED) is 0.926. The Bertz CT molecular complexity index is 686. The summed E-state index contributed by atoms with van der Waals surface area (Å²) in [5.74, 6) is -0.0719. The Labute approximate surface area is 138 Å². The van der Waals surface area contributed by atoms with E-state index in [1.165, 1.54) is 0 Å². The Balaban J connectivity index is 1.80. The normalized spacial score (nSPS) is 18.2. The van der Waals surface area contributed by atoms with Crippen LogP contribution in [0, 0.1) is 0 Å². The molecule has 6 nitrogen and oxygen atoms in total. The molecular weight excluding hydrogens is 320 g/mol. The second-order valence-electron chi connectivity index (χ2n) is 5.33. The summed E-state index contributed by atoms with van der Waals surface area (Å²) in [4.78, 5) is 14.3. The molecule has 1 unspecified atom stereocenters. The molecular formula is C16H17ClN2O4. The molecule has 1 N–H and O–H groups in total. The highest BCUT2D eigenvalue weighted by Crippen LogP contribution is 2.24. The third kappa shape index (κ3) is 3.55. The van der Waals surface area contributed by atoms with Crippen LogP contribution in [-0.2, 0) is 4.74 Å². The van der Waals surface area contributed by atoms with Gasteiger partial charge in [-0.2, -0.15) is 0 Å². The smallest absolute Gasteiger partial charge is 0.292 e. The predicted molar refractivity (Wildman–Crippen MR) is 84.3 cm³/mol. The van der Waals surface area contributed by atoms with Gasteiger partial charge in [0.15, 0.2) is 0 Å². The van der Waals surface area contributed by atoms with Crippen molar-refractivity contribution in [2.24, 2.45) is 0 Å². The number of hydrogen-bond acceptors (Lipinski definition) is 5. The fourth-order valence-corrected chi connectivity index (χ4v) is 2.80. The molecule has 7 heteroatoms. The molecule has 2 aromatic rings. The SMILES string of the molecule is O=C(c1cc(-c2cccc(Cl)c2)no1)N1CCOCC1CCO. The van der Waals surface area contributed by atoms with Crippen molar-refractivity contribution in [2.45, 2.75) is 12.5 Å². The zero-order chi connectivity index (χ0) is 16.2. The molecule has 1 aromatic carbocycles. The van der Waals surface area contributed by atoms with Gasteiger partial charge in [0.2, 0.25) is 5.76 Å². The molecule has 0 saturated carbocycles. The van der Waals surface area contributed by atoms with E-state index in [1.54, 1.807) is 23.1 Å². The van der Waals surface area contributed by atoms with Gasteiger partial charge in [-0.25, -0.2) is 0 Å². The van der Waals surface area contributed by atoms with E-state index in [-0.39, 0.29) is 24.3 Å². The maximum atomic E-state index is 12.6. The van der Waals surface area contributed by atoms with Crippen molar-refractivity contribution in [3.63, 3.8) is 0 Å². The van der Waals surface area contributed by atoms with Crippen LogP contribution in [0.15, 0.2) is 34.9 Å². The number of nitrogens with zero attached hydrogens (tertiary/aromatic N) is 2. The van der Waals surface area contributed by atoms with E-state index in [0.717, 1.165) is 5.56 Å². The van der Waals surface area contributed by atoms with Crippen LogP contribution < -0.4 is 0 Å². The molecule has 1 aliphatic rings. The molecule has 1 atom stereocenters. The number of aromatic nitrogens is 1. The van der Waals surface area contributed by atoms with E-state index in [1.807, 2.05) is 12.1 Å². The molecule has 0 spiro atoms. The number of aliphatic hydroxyl groups is 1. The first-order chi connectivity index (χ1) is 11.2. The summed E-state index contributed by atoms with van der Waals surface area (Å²) >= 11 is 5.97. The van der Waals surface area contributed by atoms with E-state index >= 15 is 0 Å². The van der Waals surface area contributed by atoms with Gasteiger partial charge in [-0.15, -0.1) is 0 Å². The summed E-state index contributed by atoms with van der Waals surface area (Å²) in [6.07, 6.45) is 0.473. The monoisotopic (exact) mass is 336 g/mol. The molecule has 0 radical (unpaired) electrons. The molecule has 1 aromatic heterocycles. The molecule has 1 aliphatic heterocycles. The average molecular weight is 337 g/mol. The van der Waals surface area contributed by atoms with Crippen LogP contribution >= 0.6 is 11.6 Å². The first-order valence-corrected chi connectivity index (χ1v) is 7.79. The van der Waals surface area contributed by atoms with E-state index in [4.69, 9.17) is 26.0 Å². The van der Waals surface area contributed by atoms with Crippen LogP contribution in [-0.4, -0.2) is 53.5 Å². The molecule has 23 heavy (non-hydrogen) atoms. The van der Waals surface area contributed by atoms with E-state index < -0.39 is 0 Å². The number of halogens is 1. The lowest BCUT2D eigenvalue weighted by atomic mass is 10.1. The zero-order valence-electron chi connectivity index (χ0n) is 12.4. The minimum atomic E-state index is -0.243. The lowest BCUT2D eigenvalue weighted by Gasteiger charge is -2.34. The Morgan fingerprint density at radius 2 is 2.30 bits per heavy atom. The van der Waals surface area contributed by atoms with E-state index in [9.17, 15) is 4.79 Å². The number of aliphatic hydroxyl groups excluding tert-OH is 1. The average Bonchev–Trinajstić information content (AvgIpc) is 3.05. The fraction of sp³-hybridized carbons (Fsp3) is 0.375. The summed E-state index contributed by atoms with van der Waals surface area (Å²) < 4.78 is 10.6. The minimum Gasteiger partial charge on any atom is -0.396 e. The van der Waals surface area contributed by atoms with Crippen LogP contribution in [0.1, 0.15) is 17.0 Å². The van der Waals surface area contributed by atoms with Crippen molar-refractivity contribution in [1.82, 2.24) is 10.1 Å². The molecule has 122 valence electrons. The third-order valence-electron chi connectivity index (χ3n) is 3.79. The van der Waals surface area contributed by atoms with Gasteiger partial charge in [0.25, 0.3) is 5.91 Å². The maximum Gasteiger partial charge on any atom is 0.292 e. The van der Waals surface area contributed by atoms with E-state index in [0.29, 0.717) is 36.9 Å². The summed E-state index contributed by atoms with van der Waals surface area (Å²) in [6.45, 7) is 1.36. The topological polar surface area (TPSA) is 75.8 Å². The van der Waals surface area contributed by atoms with Crippen LogP contribution in [0.4, 0.5) is 0 Å². The number of benzene rings is 1. The standard InChI is InChI=1S/C16H17ClN2O4/c17-12-3-1-2-11(8-12)14-9-15(23-18-14)16(21)19-5-7-22-10-13(19)4-6-20/h1-3,8-9,13,20H,4-7,10H2. The molecule has 2 heterocycles. The predicted octanol–water partition coefficient (Wildman–Crippen LogP) is 2.22. The summed E-state index contributed by atoms with van der Waals surface area (Å²) in [6, 6.07) is 8.65. The van der Waals surface area contributed by atoms with Gasteiger partial charge in [0, 0.05) is 29.8 Å². The summed E-state index contributed by atoms with van der Waals surface area (Å²) in [5.41, 5.74) is 1.34. The van der Waals surface area contributed by atoms with Crippen LogP contribution in [0.3, 0.4) is 0 Å². The minimum absolute atomic E-state index is 0.00196. The van der Waals surface area contributed by atoms with Crippen LogP contribution in [0.5, 0.6) is 0 Å². The number of rotatable bonds is 4. The van der Waals surface area contributed by atoms with Gasteiger partial charge in [0.05, 0.1) is 19.3 Å². The van der Waals surface area contributed by atoms with Gasteiger partial charge in [0.1, 0.15) is 5.69 Å². The number of amides is 1. The molecule has 3 rings (SSSR count). The van der Waals surface area contributed by atoms with Crippen molar-refractivity contribution in [2.75, 3.05) is 26.4 Å². The number of ether oxygens (including phenoxy) is 1. The van der Waals surface area contributed by atoms with Crippen molar-refractivity contribution >= 4 is 17.5 Å². The van der Waals surface area contributed by atoms with Gasteiger partial charge in [-0.3, -0.25) is 4.79 Å². The Hall–Kier alpha value is -1.89. The van der Waals surface area contributed by atoms with Crippen molar-refractivity contribution < 1.29 is 19.2 Å². The molecule has 1 fully saturated rings. The number of hydrogen-bond donors (Lipinski definition) is 1. The fourth-order valence-electron chi connectivity index (χ4n) is 2.61. The highest BCUT2D eigenvalue weighted by Gasteiger charge is 2.30. The zero-order valence-corrected chi connectivity index (χ0v) is 13.2. The number of morpholine rings is 1. The van der Waals surface area contributed by atoms with Crippen LogP contribution in [0.25, 0.3) is 11.3 Å². The molecule has 1 saturated heterocycles. The Morgan fingerprint density at radius 1 is 1.43 bits per heavy atom. The lowest BCUT2D eigenvalue weighted by molar-refractivity contribution is -0.0101.